The van der Waals surface area contributed by atoms with E-state index in [1.165, 1.54) is 5.30 Å². The predicted octanol–water partition coefficient (Wildman–Crippen LogP) is 2.77. The molecular formula is C11H18N2OP4. The van der Waals surface area contributed by atoms with Gasteiger partial charge in [-0.1, -0.05) is 14.9 Å². The minimum atomic E-state index is -0.323. The number of amides is 1. The molecule has 0 aromatic carbocycles. The molecule has 1 aliphatic rings. The van der Waals surface area contributed by atoms with Crippen molar-refractivity contribution in [3.8, 4) is 0 Å². The second-order valence-electron chi connectivity index (χ2n) is 4.19. The van der Waals surface area contributed by atoms with Gasteiger partial charge in [0, 0.05) is 31.0 Å². The number of nitrogens with zero attached hydrogens (tertiary/aromatic N) is 2. The predicted molar refractivity (Wildman–Crippen MR) is 88.4 cm³/mol. The Morgan fingerprint density at radius 1 is 1.61 bits per heavy atom. The van der Waals surface area contributed by atoms with Gasteiger partial charge in [0.2, 0.25) is 0 Å². The molecule has 98 valence electrons. The van der Waals surface area contributed by atoms with Crippen LogP contribution in [0.15, 0.2) is 12.3 Å². The number of carbonyl (C=O) groups is 1. The first-order chi connectivity index (χ1) is 8.69. The van der Waals surface area contributed by atoms with Gasteiger partial charge >= 0.3 is 0 Å². The SMILES string of the molecule is CCCN1CCc2nccc(P(P)PP)c2C1=O. The normalized spacial score (nSPS) is 17.3. The molecular weight excluding hydrogens is 300 g/mol. The van der Waals surface area contributed by atoms with Gasteiger partial charge in [0.25, 0.3) is 5.91 Å². The van der Waals surface area contributed by atoms with Crippen LogP contribution >= 0.6 is 33.1 Å². The second kappa shape index (κ2) is 6.67. The van der Waals surface area contributed by atoms with E-state index in [0.717, 1.165) is 45.1 Å². The molecule has 18 heavy (non-hydrogen) atoms. The third-order valence-corrected chi connectivity index (χ3v) is 13.1. The Morgan fingerprint density at radius 2 is 2.39 bits per heavy atom. The number of pyridine rings is 1. The first-order valence-electron chi connectivity index (χ1n) is 5.97. The van der Waals surface area contributed by atoms with Crippen molar-refractivity contribution in [3.63, 3.8) is 0 Å². The third kappa shape index (κ3) is 2.91. The molecule has 0 saturated heterocycles. The maximum atomic E-state index is 12.5. The van der Waals surface area contributed by atoms with Gasteiger partial charge in [-0.2, -0.15) is 0 Å². The van der Waals surface area contributed by atoms with Gasteiger partial charge in [-0.25, -0.2) is 0 Å². The van der Waals surface area contributed by atoms with Gasteiger partial charge < -0.3 is 4.90 Å². The van der Waals surface area contributed by atoms with Crippen LogP contribution < -0.4 is 5.30 Å². The maximum absolute atomic E-state index is 12.5. The fourth-order valence-corrected chi connectivity index (χ4v) is 5.88. The lowest BCUT2D eigenvalue weighted by atomic mass is 10.0. The summed E-state index contributed by atoms with van der Waals surface area (Å²) in [6.07, 6.45) is 3.75. The zero-order valence-corrected chi connectivity index (χ0v) is 14.6. The number of rotatable bonds is 4. The summed E-state index contributed by atoms with van der Waals surface area (Å²) in [5.41, 5.74) is 1.87. The maximum Gasteiger partial charge on any atom is 0.256 e. The molecule has 2 heterocycles. The largest absolute Gasteiger partial charge is 0.338 e. The Balaban J connectivity index is 2.41. The van der Waals surface area contributed by atoms with Crippen molar-refractivity contribution in [2.24, 2.45) is 0 Å². The molecule has 0 fully saturated rings. The molecule has 1 amide bonds. The lowest BCUT2D eigenvalue weighted by Gasteiger charge is -2.29. The van der Waals surface area contributed by atoms with E-state index in [4.69, 9.17) is 0 Å². The molecule has 1 aromatic heterocycles. The summed E-state index contributed by atoms with van der Waals surface area (Å²) in [4.78, 5) is 18.9. The lowest BCUT2D eigenvalue weighted by molar-refractivity contribution is 0.0739. The Kier molecular flexibility index (Phi) is 5.47. The molecule has 0 saturated carbocycles. The van der Waals surface area contributed by atoms with E-state index in [-0.39, 0.29) is 13.2 Å². The summed E-state index contributed by atoms with van der Waals surface area (Å²) >= 11 is 0. The van der Waals surface area contributed by atoms with Crippen molar-refractivity contribution in [2.45, 2.75) is 19.8 Å². The van der Waals surface area contributed by atoms with Crippen LogP contribution in [-0.2, 0) is 6.42 Å². The van der Waals surface area contributed by atoms with Crippen molar-refractivity contribution < 1.29 is 4.79 Å². The Hall–Kier alpha value is 0.340. The molecule has 1 aromatic rings. The highest BCUT2D eigenvalue weighted by Crippen LogP contribution is 2.65. The Morgan fingerprint density at radius 3 is 3.06 bits per heavy atom. The second-order valence-corrected chi connectivity index (χ2v) is 13.3. The molecule has 3 nitrogen and oxygen atoms in total. The molecule has 2 rings (SSSR count). The quantitative estimate of drug-likeness (QED) is 0.800. The zero-order chi connectivity index (χ0) is 13.1. The number of hydrogen-bond acceptors (Lipinski definition) is 2. The average Bonchev–Trinajstić information content (AvgIpc) is 2.40. The zero-order valence-electron chi connectivity index (χ0n) is 10.4. The van der Waals surface area contributed by atoms with E-state index in [1.807, 2.05) is 17.2 Å². The van der Waals surface area contributed by atoms with E-state index >= 15 is 0 Å². The summed E-state index contributed by atoms with van der Waals surface area (Å²) in [6, 6.07) is 2.02. The van der Waals surface area contributed by atoms with E-state index in [0.29, 0.717) is 0 Å². The molecule has 0 radical (unpaired) electrons. The van der Waals surface area contributed by atoms with Crippen LogP contribution in [-0.4, -0.2) is 28.9 Å². The van der Waals surface area contributed by atoms with Crippen molar-refractivity contribution in [1.29, 1.82) is 0 Å². The molecule has 0 spiro atoms. The minimum absolute atomic E-state index is 0.180. The van der Waals surface area contributed by atoms with Gasteiger partial charge in [0.05, 0.1) is 11.3 Å². The summed E-state index contributed by atoms with van der Waals surface area (Å²) < 4.78 is 0. The monoisotopic (exact) mass is 318 g/mol. The van der Waals surface area contributed by atoms with Crippen molar-refractivity contribution in [1.82, 2.24) is 9.88 Å². The summed E-state index contributed by atoms with van der Waals surface area (Å²) in [6.45, 7) is 3.78. The van der Waals surface area contributed by atoms with Crippen molar-refractivity contribution in [3.05, 3.63) is 23.5 Å². The number of carbonyl (C=O) groups excluding carboxylic acids is 1. The summed E-state index contributed by atoms with van der Waals surface area (Å²) in [7, 11) is 6.12. The Bertz CT molecular complexity index is 455. The van der Waals surface area contributed by atoms with Crippen LogP contribution in [0, 0.1) is 0 Å². The molecule has 7 heteroatoms. The highest BCUT2D eigenvalue weighted by Gasteiger charge is 2.28. The molecule has 0 aliphatic carbocycles. The number of hydrogen-bond donors (Lipinski definition) is 0. The average molecular weight is 318 g/mol. The third-order valence-electron chi connectivity index (χ3n) is 3.02. The first-order valence-corrected chi connectivity index (χ1v) is 12.6. The van der Waals surface area contributed by atoms with Gasteiger partial charge in [0.15, 0.2) is 0 Å². The van der Waals surface area contributed by atoms with Crippen LogP contribution in [0.2, 0.25) is 0 Å². The topological polar surface area (TPSA) is 33.2 Å². The summed E-state index contributed by atoms with van der Waals surface area (Å²) in [5, 5.41) is 1.19. The van der Waals surface area contributed by atoms with E-state index < -0.39 is 0 Å². The van der Waals surface area contributed by atoms with Crippen LogP contribution in [0.3, 0.4) is 0 Å². The molecule has 4 unspecified atom stereocenters. The Labute approximate surface area is 116 Å². The molecule has 4 atom stereocenters. The fraction of sp³-hybridized carbons (Fsp3) is 0.455. The van der Waals surface area contributed by atoms with Crippen LogP contribution in [0.25, 0.3) is 0 Å². The molecule has 0 N–H and O–H groups in total. The van der Waals surface area contributed by atoms with Gasteiger partial charge in [-0.15, -0.1) is 17.9 Å². The van der Waals surface area contributed by atoms with Crippen molar-refractivity contribution in [2.75, 3.05) is 13.1 Å². The van der Waals surface area contributed by atoms with E-state index in [2.05, 4.69) is 29.8 Å². The van der Waals surface area contributed by atoms with Crippen LogP contribution in [0.5, 0.6) is 0 Å². The molecule has 1 aliphatic heterocycles. The summed E-state index contributed by atoms with van der Waals surface area (Å²) in [5.74, 6) is 0.180. The van der Waals surface area contributed by atoms with E-state index in [1.54, 1.807) is 0 Å². The van der Waals surface area contributed by atoms with Gasteiger partial charge in [-0.3, -0.25) is 9.78 Å². The van der Waals surface area contributed by atoms with E-state index in [9.17, 15) is 4.79 Å². The first kappa shape index (κ1) is 14.7. The highest BCUT2D eigenvalue weighted by molar-refractivity contribution is 8.63. The number of aromatic nitrogens is 1. The lowest BCUT2D eigenvalue weighted by Crippen LogP contribution is -2.41. The fourth-order valence-electron chi connectivity index (χ4n) is 2.17. The van der Waals surface area contributed by atoms with Gasteiger partial charge in [0.1, 0.15) is 0 Å². The van der Waals surface area contributed by atoms with Gasteiger partial charge in [-0.05, 0) is 19.8 Å². The van der Waals surface area contributed by atoms with Crippen molar-refractivity contribution >= 4 is 44.3 Å². The smallest absolute Gasteiger partial charge is 0.256 e. The standard InChI is InChI=1S/C11H18N2OP4/c1-2-6-13-7-4-8-10(11(13)14)9(3-5-12-8)18(16)17-15/h3,5,17H,2,4,6-7,15-16H2,1H3. The highest BCUT2D eigenvalue weighted by atomic mass is 32.6. The minimum Gasteiger partial charge on any atom is -0.338 e. The van der Waals surface area contributed by atoms with Crippen LogP contribution in [0.1, 0.15) is 29.4 Å². The number of fused-ring (bicyclic) bond motifs is 1. The molecule has 0 bridgehead atoms. The van der Waals surface area contributed by atoms with Crippen LogP contribution in [0.4, 0.5) is 0 Å².